The lowest BCUT2D eigenvalue weighted by atomic mass is 10.2. The van der Waals surface area contributed by atoms with E-state index in [4.69, 9.17) is 0 Å². The third kappa shape index (κ3) is 4.49. The van der Waals surface area contributed by atoms with E-state index in [1.807, 2.05) is 25.1 Å². The van der Waals surface area contributed by atoms with Gasteiger partial charge in [0.2, 0.25) is 5.91 Å². The van der Waals surface area contributed by atoms with Gasteiger partial charge in [-0.2, -0.15) is 0 Å². The summed E-state index contributed by atoms with van der Waals surface area (Å²) in [7, 11) is 0. The number of aromatic nitrogens is 1. The van der Waals surface area contributed by atoms with Crippen molar-refractivity contribution < 1.29 is 14.4 Å². The number of amides is 3. The molecule has 7 heteroatoms. The van der Waals surface area contributed by atoms with Crippen molar-refractivity contribution in [1.29, 1.82) is 0 Å². The summed E-state index contributed by atoms with van der Waals surface area (Å²) in [5.41, 5.74) is 2.13. The fraction of sp³-hybridized carbons (Fsp3) is 0.300. The van der Waals surface area contributed by atoms with E-state index in [0.717, 1.165) is 5.56 Å². The summed E-state index contributed by atoms with van der Waals surface area (Å²) in [6.45, 7) is 5.40. The van der Waals surface area contributed by atoms with Crippen LogP contribution in [-0.2, 0) is 4.79 Å². The zero-order valence-electron chi connectivity index (χ0n) is 15.4. The van der Waals surface area contributed by atoms with Gasteiger partial charge in [-0.05, 0) is 36.8 Å². The Morgan fingerprint density at radius 2 is 1.56 bits per heavy atom. The fourth-order valence-electron chi connectivity index (χ4n) is 2.98. The van der Waals surface area contributed by atoms with E-state index in [2.05, 4.69) is 10.3 Å². The molecular weight excluding hydrogens is 344 g/mol. The summed E-state index contributed by atoms with van der Waals surface area (Å²) in [5, 5.41) is 2.79. The van der Waals surface area contributed by atoms with Crippen molar-refractivity contribution in [3.05, 3.63) is 59.4 Å². The number of carbonyl (C=O) groups excluding carboxylic acids is 3. The highest BCUT2D eigenvalue weighted by molar-refractivity contribution is 6.03. The van der Waals surface area contributed by atoms with Gasteiger partial charge in [0.15, 0.2) is 0 Å². The van der Waals surface area contributed by atoms with Gasteiger partial charge < -0.3 is 15.1 Å². The van der Waals surface area contributed by atoms with Crippen molar-refractivity contribution in [3.63, 3.8) is 0 Å². The maximum atomic E-state index is 12.7. The molecule has 1 aromatic heterocycles. The topological polar surface area (TPSA) is 82.6 Å². The molecule has 0 unspecified atom stereocenters. The summed E-state index contributed by atoms with van der Waals surface area (Å²) in [4.78, 5) is 44.1. The standard InChI is InChI=1S/C20H22N4O3/c1-14-5-3-6-16(13-14)21-19(26)17-7-4-8-18(22-17)20(27)24-11-9-23(10-12-24)15(2)25/h3-8,13H,9-12H2,1-2H3,(H,21,26). The van der Waals surface area contributed by atoms with Crippen molar-refractivity contribution in [2.45, 2.75) is 13.8 Å². The summed E-state index contributed by atoms with van der Waals surface area (Å²) < 4.78 is 0. The minimum atomic E-state index is -0.364. The number of nitrogens with zero attached hydrogens (tertiary/aromatic N) is 3. The molecule has 7 nitrogen and oxygen atoms in total. The minimum absolute atomic E-state index is 0.00930. The van der Waals surface area contributed by atoms with Crippen LogP contribution >= 0.6 is 0 Å². The maximum Gasteiger partial charge on any atom is 0.274 e. The molecule has 1 aromatic carbocycles. The first-order valence-corrected chi connectivity index (χ1v) is 8.84. The van der Waals surface area contributed by atoms with Crippen LogP contribution in [0.2, 0.25) is 0 Å². The summed E-state index contributed by atoms with van der Waals surface area (Å²) >= 11 is 0. The van der Waals surface area contributed by atoms with Crippen LogP contribution in [0.25, 0.3) is 0 Å². The van der Waals surface area contributed by atoms with E-state index < -0.39 is 0 Å². The minimum Gasteiger partial charge on any atom is -0.339 e. The highest BCUT2D eigenvalue weighted by Crippen LogP contribution is 2.12. The number of piperazine rings is 1. The van der Waals surface area contributed by atoms with Crippen LogP contribution in [0.15, 0.2) is 42.5 Å². The largest absolute Gasteiger partial charge is 0.339 e. The Balaban J connectivity index is 1.69. The van der Waals surface area contributed by atoms with Crippen molar-refractivity contribution in [1.82, 2.24) is 14.8 Å². The Morgan fingerprint density at radius 1 is 0.926 bits per heavy atom. The Labute approximate surface area is 158 Å². The van der Waals surface area contributed by atoms with Crippen LogP contribution < -0.4 is 5.32 Å². The van der Waals surface area contributed by atoms with Crippen LogP contribution in [0.4, 0.5) is 5.69 Å². The highest BCUT2D eigenvalue weighted by atomic mass is 16.2. The lowest BCUT2D eigenvalue weighted by molar-refractivity contribution is -0.130. The molecule has 140 valence electrons. The first-order valence-electron chi connectivity index (χ1n) is 8.84. The Kier molecular flexibility index (Phi) is 5.49. The number of anilines is 1. The SMILES string of the molecule is CC(=O)N1CCN(C(=O)c2cccc(C(=O)Nc3cccc(C)c3)n2)CC1. The number of hydrogen-bond acceptors (Lipinski definition) is 4. The Morgan fingerprint density at radius 3 is 2.22 bits per heavy atom. The number of aryl methyl sites for hydroxylation is 1. The van der Waals surface area contributed by atoms with E-state index in [0.29, 0.717) is 31.9 Å². The van der Waals surface area contributed by atoms with Gasteiger partial charge in [-0.1, -0.05) is 18.2 Å². The number of hydrogen-bond donors (Lipinski definition) is 1. The van der Waals surface area contributed by atoms with Gasteiger partial charge in [-0.15, -0.1) is 0 Å². The number of nitrogens with one attached hydrogen (secondary N) is 1. The van der Waals surface area contributed by atoms with E-state index >= 15 is 0 Å². The first kappa shape index (κ1) is 18.6. The van der Waals surface area contributed by atoms with Gasteiger partial charge in [-0.25, -0.2) is 4.98 Å². The molecule has 3 amide bonds. The normalized spacial score (nSPS) is 14.0. The molecule has 2 heterocycles. The Bertz CT molecular complexity index is 873. The molecule has 0 bridgehead atoms. The van der Waals surface area contributed by atoms with Crippen molar-refractivity contribution in [2.75, 3.05) is 31.5 Å². The number of benzene rings is 1. The molecule has 0 saturated carbocycles. The zero-order valence-corrected chi connectivity index (χ0v) is 15.4. The molecule has 1 fully saturated rings. The molecule has 0 atom stereocenters. The van der Waals surface area contributed by atoms with Gasteiger partial charge in [0.25, 0.3) is 11.8 Å². The number of pyridine rings is 1. The third-order valence-corrected chi connectivity index (χ3v) is 4.49. The monoisotopic (exact) mass is 366 g/mol. The summed E-state index contributed by atoms with van der Waals surface area (Å²) in [6, 6.07) is 12.3. The highest BCUT2D eigenvalue weighted by Gasteiger charge is 2.24. The third-order valence-electron chi connectivity index (χ3n) is 4.49. The fourth-order valence-corrected chi connectivity index (χ4v) is 2.98. The van der Waals surface area contributed by atoms with Crippen molar-refractivity contribution >= 4 is 23.4 Å². The molecule has 1 aliphatic heterocycles. The van der Waals surface area contributed by atoms with Crippen LogP contribution in [0.1, 0.15) is 33.5 Å². The van der Waals surface area contributed by atoms with E-state index in [1.54, 1.807) is 34.1 Å². The molecular formula is C20H22N4O3. The molecule has 3 rings (SSSR count). The number of rotatable bonds is 3. The van der Waals surface area contributed by atoms with Gasteiger partial charge in [-0.3, -0.25) is 14.4 Å². The van der Waals surface area contributed by atoms with E-state index in [9.17, 15) is 14.4 Å². The smallest absolute Gasteiger partial charge is 0.274 e. The van der Waals surface area contributed by atoms with Crippen LogP contribution in [0.5, 0.6) is 0 Å². The molecule has 0 spiro atoms. The quantitative estimate of drug-likeness (QED) is 0.900. The van der Waals surface area contributed by atoms with Crippen LogP contribution in [0.3, 0.4) is 0 Å². The summed E-state index contributed by atoms with van der Waals surface area (Å²) in [5.74, 6) is -0.588. The van der Waals surface area contributed by atoms with Gasteiger partial charge in [0, 0.05) is 38.8 Å². The zero-order chi connectivity index (χ0) is 19.4. The van der Waals surface area contributed by atoms with Gasteiger partial charge >= 0.3 is 0 Å². The first-order chi connectivity index (χ1) is 12.9. The average molecular weight is 366 g/mol. The van der Waals surface area contributed by atoms with Crippen molar-refractivity contribution in [3.8, 4) is 0 Å². The van der Waals surface area contributed by atoms with E-state index in [1.165, 1.54) is 6.92 Å². The maximum absolute atomic E-state index is 12.7. The molecule has 1 saturated heterocycles. The molecule has 0 radical (unpaired) electrons. The average Bonchev–Trinajstić information content (AvgIpc) is 2.67. The van der Waals surface area contributed by atoms with Crippen molar-refractivity contribution in [2.24, 2.45) is 0 Å². The Hall–Kier alpha value is -3.22. The second kappa shape index (κ2) is 7.99. The lowest BCUT2D eigenvalue weighted by Gasteiger charge is -2.34. The lowest BCUT2D eigenvalue weighted by Crippen LogP contribution is -2.50. The molecule has 2 aromatic rings. The number of carbonyl (C=O) groups is 3. The predicted octanol–water partition coefficient (Wildman–Crippen LogP) is 1.95. The second-order valence-corrected chi connectivity index (χ2v) is 6.53. The molecule has 27 heavy (non-hydrogen) atoms. The van der Waals surface area contributed by atoms with Gasteiger partial charge in [0.05, 0.1) is 0 Å². The van der Waals surface area contributed by atoms with Gasteiger partial charge in [0.1, 0.15) is 11.4 Å². The van der Waals surface area contributed by atoms with Crippen LogP contribution in [-0.4, -0.2) is 58.7 Å². The predicted molar refractivity (Wildman–Crippen MR) is 102 cm³/mol. The van der Waals surface area contributed by atoms with E-state index in [-0.39, 0.29) is 29.1 Å². The molecule has 1 N–H and O–H groups in total. The van der Waals surface area contributed by atoms with Crippen LogP contribution in [0, 0.1) is 6.92 Å². The second-order valence-electron chi connectivity index (χ2n) is 6.53. The molecule has 1 aliphatic rings. The summed E-state index contributed by atoms with van der Waals surface area (Å²) in [6.07, 6.45) is 0. The molecule has 0 aliphatic carbocycles.